The van der Waals surface area contributed by atoms with Crippen LogP contribution in [-0.4, -0.2) is 32.6 Å². The zero-order chi connectivity index (χ0) is 22.5. The Balaban J connectivity index is 1.73. The van der Waals surface area contributed by atoms with Crippen molar-refractivity contribution in [1.82, 2.24) is 0 Å². The number of hydrogen-bond acceptors (Lipinski definition) is 5. The smallest absolute Gasteiger partial charge is 0.125 e. The second-order valence-electron chi connectivity index (χ2n) is 7.27. The monoisotopic (exact) mass is 425 g/mol. The van der Waals surface area contributed by atoms with Crippen LogP contribution in [0.1, 0.15) is 49.8 Å². The predicted molar refractivity (Wildman–Crippen MR) is 127 cm³/mol. The van der Waals surface area contributed by atoms with Crippen molar-refractivity contribution in [2.45, 2.75) is 47.0 Å². The van der Waals surface area contributed by atoms with Crippen LogP contribution in [0.5, 0.6) is 17.2 Å². The molecule has 0 spiro atoms. The largest absolute Gasteiger partial charge is 0.494 e. The van der Waals surface area contributed by atoms with E-state index < -0.39 is 0 Å². The van der Waals surface area contributed by atoms with Crippen LogP contribution in [0.2, 0.25) is 0 Å². The van der Waals surface area contributed by atoms with Crippen LogP contribution in [-0.2, 0) is 4.84 Å². The summed E-state index contributed by atoms with van der Waals surface area (Å²) in [5.74, 6) is 2.68. The van der Waals surface area contributed by atoms with E-state index in [1.165, 1.54) is 0 Å². The summed E-state index contributed by atoms with van der Waals surface area (Å²) in [5, 5.41) is 4.05. The van der Waals surface area contributed by atoms with Crippen molar-refractivity contribution in [3.05, 3.63) is 65.2 Å². The maximum atomic E-state index is 6.03. The summed E-state index contributed by atoms with van der Waals surface area (Å²) in [5.41, 5.74) is 4.16. The summed E-state index contributed by atoms with van der Waals surface area (Å²) in [6.07, 6.45) is 6.64. The first-order valence-corrected chi connectivity index (χ1v) is 10.9. The van der Waals surface area contributed by atoms with Gasteiger partial charge in [-0.2, -0.15) is 0 Å². The van der Waals surface area contributed by atoms with Crippen molar-refractivity contribution in [1.29, 1.82) is 0 Å². The Kier molecular flexibility index (Phi) is 10.5. The van der Waals surface area contributed by atoms with Crippen molar-refractivity contribution in [3.63, 3.8) is 0 Å². The molecule has 0 amide bonds. The van der Waals surface area contributed by atoms with Crippen LogP contribution in [0.25, 0.3) is 0 Å². The molecule has 168 valence electrons. The van der Waals surface area contributed by atoms with E-state index in [1.807, 2.05) is 55.5 Å². The van der Waals surface area contributed by atoms with Gasteiger partial charge >= 0.3 is 0 Å². The van der Waals surface area contributed by atoms with Crippen molar-refractivity contribution < 1.29 is 19.0 Å². The van der Waals surface area contributed by atoms with E-state index >= 15 is 0 Å². The van der Waals surface area contributed by atoms with Gasteiger partial charge in [-0.05, 0) is 93.1 Å². The van der Waals surface area contributed by atoms with Crippen LogP contribution in [0.15, 0.2) is 53.7 Å². The first-order valence-electron chi connectivity index (χ1n) is 10.9. The molecule has 31 heavy (non-hydrogen) atoms. The highest BCUT2D eigenvalue weighted by atomic mass is 16.6. The molecule has 0 unspecified atom stereocenters. The van der Waals surface area contributed by atoms with Gasteiger partial charge in [0.25, 0.3) is 0 Å². The van der Waals surface area contributed by atoms with Gasteiger partial charge in [0.1, 0.15) is 31.0 Å². The quantitative estimate of drug-likeness (QED) is 0.165. The van der Waals surface area contributed by atoms with Gasteiger partial charge in [0.15, 0.2) is 0 Å². The SMILES string of the molecule is C/C=C/COc1cc(C)c(OCCCCOc2ccc(/C(CC)=N/OC)cc2)c(C)c1. The lowest BCUT2D eigenvalue weighted by molar-refractivity contribution is 0.213. The van der Waals surface area contributed by atoms with E-state index in [-0.39, 0.29) is 0 Å². The maximum Gasteiger partial charge on any atom is 0.125 e. The van der Waals surface area contributed by atoms with E-state index in [2.05, 4.69) is 25.9 Å². The van der Waals surface area contributed by atoms with Crippen LogP contribution in [0, 0.1) is 13.8 Å². The molecule has 0 aliphatic carbocycles. The summed E-state index contributed by atoms with van der Waals surface area (Å²) in [4.78, 5) is 4.89. The minimum Gasteiger partial charge on any atom is -0.494 e. The lowest BCUT2D eigenvalue weighted by Gasteiger charge is -2.14. The Labute approximate surface area is 186 Å². The molecule has 0 N–H and O–H groups in total. The number of ether oxygens (including phenoxy) is 3. The highest BCUT2D eigenvalue weighted by Gasteiger charge is 2.07. The number of oxime groups is 1. The summed E-state index contributed by atoms with van der Waals surface area (Å²) >= 11 is 0. The zero-order valence-corrected chi connectivity index (χ0v) is 19.4. The van der Waals surface area contributed by atoms with Gasteiger partial charge in [-0.15, -0.1) is 0 Å². The Morgan fingerprint density at radius 2 is 1.55 bits per heavy atom. The highest BCUT2D eigenvalue weighted by Crippen LogP contribution is 2.28. The lowest BCUT2D eigenvalue weighted by atomic mass is 10.1. The molecule has 2 aromatic rings. The van der Waals surface area contributed by atoms with Gasteiger partial charge < -0.3 is 19.0 Å². The van der Waals surface area contributed by atoms with Gasteiger partial charge in [0, 0.05) is 0 Å². The number of unbranched alkanes of at least 4 members (excludes halogenated alkanes) is 1. The molecule has 0 heterocycles. The fourth-order valence-corrected chi connectivity index (χ4v) is 3.21. The zero-order valence-electron chi connectivity index (χ0n) is 19.4. The number of hydrogen-bond donors (Lipinski definition) is 0. The Morgan fingerprint density at radius 3 is 2.13 bits per heavy atom. The van der Waals surface area contributed by atoms with Crippen LogP contribution in [0.3, 0.4) is 0 Å². The second-order valence-corrected chi connectivity index (χ2v) is 7.27. The fourth-order valence-electron chi connectivity index (χ4n) is 3.21. The summed E-state index contributed by atoms with van der Waals surface area (Å²) in [6, 6.07) is 12.0. The molecule has 0 saturated heterocycles. The average molecular weight is 426 g/mol. The Hall–Kier alpha value is -2.95. The third kappa shape index (κ3) is 8.00. The minimum atomic E-state index is 0.582. The normalized spacial score (nSPS) is 11.6. The maximum absolute atomic E-state index is 6.03. The molecule has 0 radical (unpaired) electrons. The fraction of sp³-hybridized carbons (Fsp3) is 0.423. The molecular formula is C26H35NO4. The highest BCUT2D eigenvalue weighted by molar-refractivity contribution is 6.00. The van der Waals surface area contributed by atoms with Gasteiger partial charge in [-0.3, -0.25) is 0 Å². The van der Waals surface area contributed by atoms with E-state index in [0.29, 0.717) is 19.8 Å². The van der Waals surface area contributed by atoms with E-state index in [9.17, 15) is 0 Å². The van der Waals surface area contributed by atoms with Crippen LogP contribution in [0.4, 0.5) is 0 Å². The van der Waals surface area contributed by atoms with Gasteiger partial charge in [0.2, 0.25) is 0 Å². The topological polar surface area (TPSA) is 49.3 Å². The first kappa shape index (κ1) is 24.3. The number of rotatable bonds is 13. The van der Waals surface area contributed by atoms with E-state index in [4.69, 9.17) is 19.0 Å². The van der Waals surface area contributed by atoms with Gasteiger partial charge in [0.05, 0.1) is 18.9 Å². The van der Waals surface area contributed by atoms with Gasteiger partial charge in [-0.1, -0.05) is 24.2 Å². The molecule has 0 bridgehead atoms. The number of nitrogens with zero attached hydrogens (tertiary/aromatic N) is 1. The number of allylic oxidation sites excluding steroid dienone is 1. The average Bonchev–Trinajstić information content (AvgIpc) is 2.76. The van der Waals surface area contributed by atoms with Crippen LogP contribution >= 0.6 is 0 Å². The number of aryl methyl sites for hydroxylation is 2. The minimum absolute atomic E-state index is 0.582. The van der Waals surface area contributed by atoms with E-state index in [0.717, 1.165) is 58.9 Å². The summed E-state index contributed by atoms with van der Waals surface area (Å²) < 4.78 is 17.6. The van der Waals surface area contributed by atoms with Crippen molar-refractivity contribution in [3.8, 4) is 17.2 Å². The molecule has 5 heteroatoms. The molecule has 2 rings (SSSR count). The Bertz CT molecular complexity index is 833. The summed E-state index contributed by atoms with van der Waals surface area (Å²) in [7, 11) is 1.56. The predicted octanol–water partition coefficient (Wildman–Crippen LogP) is 6.26. The third-order valence-corrected chi connectivity index (χ3v) is 4.79. The molecule has 0 aliphatic heterocycles. The standard InChI is InChI=1S/C26H35NO4/c1-6-8-15-30-24-18-20(3)26(21(4)19-24)31-17-10-9-16-29-23-13-11-22(12-14-23)25(7-2)27-28-5/h6,8,11-14,18-19H,7,9-10,15-17H2,1-5H3/b8-6+,27-25+. The summed E-state index contributed by atoms with van der Waals surface area (Å²) in [6.45, 7) is 10.1. The second kappa shape index (κ2) is 13.4. The third-order valence-electron chi connectivity index (χ3n) is 4.79. The van der Waals surface area contributed by atoms with Gasteiger partial charge in [-0.25, -0.2) is 0 Å². The van der Waals surface area contributed by atoms with E-state index in [1.54, 1.807) is 7.11 Å². The Morgan fingerprint density at radius 1 is 0.903 bits per heavy atom. The van der Waals surface area contributed by atoms with Crippen molar-refractivity contribution in [2.24, 2.45) is 5.16 Å². The van der Waals surface area contributed by atoms with Crippen molar-refractivity contribution >= 4 is 5.71 Å². The molecule has 0 fully saturated rings. The molecular weight excluding hydrogens is 390 g/mol. The number of benzene rings is 2. The molecule has 2 aromatic carbocycles. The molecule has 0 saturated carbocycles. The molecule has 5 nitrogen and oxygen atoms in total. The molecule has 0 atom stereocenters. The lowest BCUT2D eigenvalue weighted by Crippen LogP contribution is -2.05. The van der Waals surface area contributed by atoms with Crippen molar-refractivity contribution in [2.75, 3.05) is 26.9 Å². The molecule has 0 aliphatic rings. The van der Waals surface area contributed by atoms with Crippen LogP contribution < -0.4 is 14.2 Å². The first-order chi connectivity index (χ1) is 15.1. The molecule has 0 aromatic heterocycles.